The number of ether oxygens (including phenoxy) is 1. The molecule has 2 aromatic carbocycles. The summed E-state index contributed by atoms with van der Waals surface area (Å²) in [6.07, 6.45) is 1.69. The molecule has 4 rings (SSSR count). The number of sulfone groups is 1. The Morgan fingerprint density at radius 3 is 2.67 bits per heavy atom. The van der Waals surface area contributed by atoms with Gasteiger partial charge in [0.05, 0.1) is 29.1 Å². The first-order valence-electron chi connectivity index (χ1n) is 11.3. The molecule has 1 aliphatic heterocycles. The number of benzene rings is 2. The minimum Gasteiger partial charge on any atom is -0.491 e. The van der Waals surface area contributed by atoms with E-state index in [1.807, 2.05) is 53.1 Å². The van der Waals surface area contributed by atoms with E-state index in [1.54, 1.807) is 6.92 Å². The third kappa shape index (κ3) is 6.21. The number of fused-ring (bicyclic) bond motifs is 1. The summed E-state index contributed by atoms with van der Waals surface area (Å²) in [5.41, 5.74) is 2.83. The first-order chi connectivity index (χ1) is 15.8. The molecule has 1 aromatic heterocycles. The van der Waals surface area contributed by atoms with Gasteiger partial charge in [-0.2, -0.15) is 0 Å². The van der Waals surface area contributed by atoms with Crippen LogP contribution in [0.4, 0.5) is 0 Å². The summed E-state index contributed by atoms with van der Waals surface area (Å²) >= 11 is 0. The van der Waals surface area contributed by atoms with Crippen molar-refractivity contribution in [3.8, 4) is 5.75 Å². The Hall–Kier alpha value is -2.71. The first kappa shape index (κ1) is 23.4. The molecule has 0 aliphatic carbocycles. The number of carbonyl (C=O) groups is 1. The minimum atomic E-state index is -2.96. The Balaban J connectivity index is 1.41. The molecule has 0 spiro atoms. The molecule has 1 fully saturated rings. The molecule has 1 aliphatic rings. The fourth-order valence-electron chi connectivity index (χ4n) is 4.30. The maximum atomic E-state index is 11.9. The number of nitrogens with zero attached hydrogens (tertiary/aromatic N) is 2. The van der Waals surface area contributed by atoms with Gasteiger partial charge in [-0.05, 0) is 55.5 Å². The van der Waals surface area contributed by atoms with Gasteiger partial charge in [0.25, 0.3) is 0 Å². The Kier molecular flexibility index (Phi) is 7.14. The summed E-state index contributed by atoms with van der Waals surface area (Å²) in [6.45, 7) is 2.02. The van der Waals surface area contributed by atoms with Crippen molar-refractivity contribution in [2.45, 2.75) is 45.3 Å². The third-order valence-corrected chi connectivity index (χ3v) is 7.89. The minimum absolute atomic E-state index is 0.0560. The quantitative estimate of drug-likeness (QED) is 0.489. The molecule has 0 amide bonds. The molecule has 0 bridgehead atoms. The van der Waals surface area contributed by atoms with E-state index in [9.17, 15) is 18.3 Å². The number of aromatic nitrogens is 2. The van der Waals surface area contributed by atoms with Crippen LogP contribution in [-0.2, 0) is 34.0 Å². The third-order valence-electron chi connectivity index (χ3n) is 6.06. The Bertz CT molecular complexity index is 1220. The van der Waals surface area contributed by atoms with Gasteiger partial charge in [-0.3, -0.25) is 0 Å². The second-order valence-electron chi connectivity index (χ2n) is 8.91. The van der Waals surface area contributed by atoms with Crippen LogP contribution in [-0.4, -0.2) is 53.1 Å². The number of imidazole rings is 1. The van der Waals surface area contributed by atoms with Gasteiger partial charge in [0.15, 0.2) is 9.84 Å². The maximum absolute atomic E-state index is 11.9. The number of ketones is 1. The highest BCUT2D eigenvalue weighted by atomic mass is 32.2. The molecule has 3 aromatic rings. The molecule has 176 valence electrons. The monoisotopic (exact) mass is 470 g/mol. The lowest BCUT2D eigenvalue weighted by atomic mass is 10.1. The average molecular weight is 471 g/mol. The van der Waals surface area contributed by atoms with E-state index in [2.05, 4.69) is 0 Å². The first-order valence-corrected chi connectivity index (χ1v) is 13.1. The number of aliphatic hydroxyl groups excluding tert-OH is 1. The van der Waals surface area contributed by atoms with E-state index in [4.69, 9.17) is 9.72 Å². The molecule has 0 unspecified atom stereocenters. The second kappa shape index (κ2) is 10.1. The summed E-state index contributed by atoms with van der Waals surface area (Å²) in [7, 11) is -2.96. The molecule has 33 heavy (non-hydrogen) atoms. The van der Waals surface area contributed by atoms with Crippen LogP contribution in [0.3, 0.4) is 0 Å². The van der Waals surface area contributed by atoms with Gasteiger partial charge in [-0.25, -0.2) is 13.4 Å². The lowest BCUT2D eigenvalue weighted by molar-refractivity contribution is -0.116. The number of para-hydroxylation sites is 2. The number of hydrogen-bond acceptors (Lipinski definition) is 6. The van der Waals surface area contributed by atoms with Crippen molar-refractivity contribution in [1.29, 1.82) is 0 Å². The van der Waals surface area contributed by atoms with E-state index in [0.29, 0.717) is 38.0 Å². The standard InChI is InChI=1S/C25H30N2O5S/c1-18(28)6-7-19-8-10-22(11-9-19)32-16-21(29)15-27-24-5-3-2-4-23(24)26-25(27)14-20-12-13-33(30,31)17-20/h2-5,8-11,20-21,29H,6-7,12-17H2,1H3/t20-,21-/m1/s1. The van der Waals surface area contributed by atoms with E-state index in [1.165, 1.54) is 0 Å². The van der Waals surface area contributed by atoms with Crippen molar-refractivity contribution in [1.82, 2.24) is 9.55 Å². The van der Waals surface area contributed by atoms with Gasteiger partial charge in [0.1, 0.15) is 30.1 Å². The van der Waals surface area contributed by atoms with E-state index in [-0.39, 0.29) is 29.8 Å². The van der Waals surface area contributed by atoms with E-state index in [0.717, 1.165) is 22.4 Å². The molecule has 0 saturated carbocycles. The van der Waals surface area contributed by atoms with Gasteiger partial charge in [0.2, 0.25) is 0 Å². The summed E-state index contributed by atoms with van der Waals surface area (Å²) in [6, 6.07) is 15.3. The number of aryl methyl sites for hydroxylation is 1. The lowest BCUT2D eigenvalue weighted by Gasteiger charge is -2.17. The molecule has 7 nitrogen and oxygen atoms in total. The van der Waals surface area contributed by atoms with E-state index < -0.39 is 15.9 Å². The maximum Gasteiger partial charge on any atom is 0.150 e. The van der Waals surface area contributed by atoms with Gasteiger partial charge in [-0.1, -0.05) is 24.3 Å². The van der Waals surface area contributed by atoms with Crippen LogP contribution in [0.2, 0.25) is 0 Å². The summed E-state index contributed by atoms with van der Waals surface area (Å²) in [4.78, 5) is 15.9. The van der Waals surface area contributed by atoms with Crippen LogP contribution in [0.1, 0.15) is 31.2 Å². The average Bonchev–Trinajstić information content (AvgIpc) is 3.30. The van der Waals surface area contributed by atoms with Crippen LogP contribution in [0.5, 0.6) is 5.75 Å². The van der Waals surface area contributed by atoms with Crippen LogP contribution in [0, 0.1) is 5.92 Å². The number of Topliss-reactive ketones (excluding diaryl/α,β-unsaturated/α-hetero) is 1. The van der Waals surface area contributed by atoms with Crippen LogP contribution in [0.25, 0.3) is 11.0 Å². The van der Waals surface area contributed by atoms with Gasteiger partial charge < -0.3 is 19.2 Å². The molecule has 0 radical (unpaired) electrons. The predicted molar refractivity (Wildman–Crippen MR) is 127 cm³/mol. The largest absolute Gasteiger partial charge is 0.491 e. The summed E-state index contributed by atoms with van der Waals surface area (Å²) in [5.74, 6) is 2.12. The fraction of sp³-hybridized carbons (Fsp3) is 0.440. The van der Waals surface area contributed by atoms with Crippen molar-refractivity contribution in [2.75, 3.05) is 18.1 Å². The predicted octanol–water partition coefficient (Wildman–Crippen LogP) is 2.98. The highest BCUT2D eigenvalue weighted by Crippen LogP contribution is 2.25. The van der Waals surface area contributed by atoms with Gasteiger partial charge in [-0.15, -0.1) is 0 Å². The van der Waals surface area contributed by atoms with Crippen molar-refractivity contribution < 1.29 is 23.1 Å². The van der Waals surface area contributed by atoms with Crippen LogP contribution < -0.4 is 4.74 Å². The molecule has 1 saturated heterocycles. The number of hydrogen-bond donors (Lipinski definition) is 1. The molecule has 2 atom stereocenters. The zero-order valence-electron chi connectivity index (χ0n) is 18.8. The SMILES string of the molecule is CC(=O)CCc1ccc(OC[C@H](O)Cn2c(C[C@H]3CCS(=O)(=O)C3)nc3ccccc32)cc1. The Morgan fingerprint density at radius 2 is 1.97 bits per heavy atom. The molecular weight excluding hydrogens is 440 g/mol. The molecular formula is C25H30N2O5S. The zero-order valence-corrected chi connectivity index (χ0v) is 19.6. The van der Waals surface area contributed by atoms with Gasteiger partial charge >= 0.3 is 0 Å². The summed E-state index contributed by atoms with van der Waals surface area (Å²) < 4.78 is 31.5. The molecule has 8 heteroatoms. The normalized spacial score (nSPS) is 18.4. The number of rotatable bonds is 10. The highest BCUT2D eigenvalue weighted by Gasteiger charge is 2.29. The van der Waals surface area contributed by atoms with Gasteiger partial charge in [0, 0.05) is 12.8 Å². The second-order valence-corrected chi connectivity index (χ2v) is 11.1. The number of aliphatic hydroxyl groups is 1. The Morgan fingerprint density at radius 1 is 1.21 bits per heavy atom. The smallest absolute Gasteiger partial charge is 0.150 e. The highest BCUT2D eigenvalue weighted by molar-refractivity contribution is 7.91. The number of carbonyl (C=O) groups excluding carboxylic acids is 1. The summed E-state index contributed by atoms with van der Waals surface area (Å²) in [5, 5.41) is 10.7. The van der Waals surface area contributed by atoms with Crippen LogP contribution >= 0.6 is 0 Å². The van der Waals surface area contributed by atoms with Crippen molar-refractivity contribution in [2.24, 2.45) is 5.92 Å². The Labute approximate surface area is 194 Å². The van der Waals surface area contributed by atoms with Crippen molar-refractivity contribution >= 4 is 26.7 Å². The fourth-order valence-corrected chi connectivity index (χ4v) is 6.17. The molecule has 1 N–H and O–H groups in total. The molecule has 2 heterocycles. The van der Waals surface area contributed by atoms with Crippen molar-refractivity contribution in [3.05, 3.63) is 59.9 Å². The van der Waals surface area contributed by atoms with Crippen LogP contribution in [0.15, 0.2) is 48.5 Å². The van der Waals surface area contributed by atoms with Crippen molar-refractivity contribution in [3.63, 3.8) is 0 Å². The zero-order chi connectivity index (χ0) is 23.4. The topological polar surface area (TPSA) is 98.5 Å². The lowest BCUT2D eigenvalue weighted by Crippen LogP contribution is -2.25. The van der Waals surface area contributed by atoms with E-state index >= 15 is 0 Å².